The molecule has 15 heavy (non-hydrogen) atoms. The fourth-order valence-corrected chi connectivity index (χ4v) is 1.73. The maximum absolute atomic E-state index is 12.4. The molecule has 1 rings (SSSR count). The summed E-state index contributed by atoms with van der Waals surface area (Å²) in [6, 6.07) is 3.89. The maximum atomic E-state index is 12.4. The number of benzene rings is 1. The van der Waals surface area contributed by atoms with Crippen molar-refractivity contribution in [2.24, 2.45) is 0 Å². The summed E-state index contributed by atoms with van der Waals surface area (Å²) in [5, 5.41) is 9.01. The number of hydrogen-bond donors (Lipinski definition) is 0. The lowest BCUT2D eigenvalue weighted by atomic mass is 10.00. The SMILES string of the molecule is Cc1cc(C(F)(F)F)cc(CBr)c1C#N. The van der Waals surface area contributed by atoms with Crippen molar-refractivity contribution >= 4 is 15.9 Å². The third-order valence-electron chi connectivity index (χ3n) is 2.00. The van der Waals surface area contributed by atoms with E-state index in [1.807, 2.05) is 6.07 Å². The van der Waals surface area contributed by atoms with Crippen LogP contribution in [0.15, 0.2) is 12.1 Å². The summed E-state index contributed by atoms with van der Waals surface area (Å²) in [6.07, 6.45) is -4.37. The van der Waals surface area contributed by atoms with Gasteiger partial charge in [0.1, 0.15) is 0 Å². The Labute approximate surface area is 93.6 Å². The molecule has 0 radical (unpaired) electrons. The molecule has 0 fully saturated rings. The van der Waals surface area contributed by atoms with Crippen molar-refractivity contribution in [3.05, 3.63) is 34.4 Å². The summed E-state index contributed by atoms with van der Waals surface area (Å²) >= 11 is 3.07. The van der Waals surface area contributed by atoms with Gasteiger partial charge in [0.15, 0.2) is 0 Å². The molecular formula is C10H7BrF3N. The number of rotatable bonds is 1. The molecule has 0 atom stereocenters. The molecule has 0 aliphatic heterocycles. The molecule has 5 heteroatoms. The summed E-state index contributed by atoms with van der Waals surface area (Å²) in [7, 11) is 0. The Morgan fingerprint density at radius 2 is 2.00 bits per heavy atom. The smallest absolute Gasteiger partial charge is 0.192 e. The Morgan fingerprint density at radius 3 is 2.40 bits per heavy atom. The Morgan fingerprint density at radius 1 is 1.40 bits per heavy atom. The van der Waals surface area contributed by atoms with Crippen LogP contribution in [0, 0.1) is 18.3 Å². The van der Waals surface area contributed by atoms with E-state index < -0.39 is 11.7 Å². The van der Waals surface area contributed by atoms with Crippen molar-refractivity contribution in [3.63, 3.8) is 0 Å². The fourth-order valence-electron chi connectivity index (χ4n) is 1.29. The van der Waals surface area contributed by atoms with Gasteiger partial charge in [-0.25, -0.2) is 0 Å². The quantitative estimate of drug-likeness (QED) is 0.717. The van der Waals surface area contributed by atoms with E-state index in [2.05, 4.69) is 15.9 Å². The van der Waals surface area contributed by atoms with Crippen LogP contribution < -0.4 is 0 Å². The Bertz CT molecular complexity index is 418. The van der Waals surface area contributed by atoms with Crippen molar-refractivity contribution in [1.82, 2.24) is 0 Å². The second kappa shape index (κ2) is 4.23. The summed E-state index contributed by atoms with van der Waals surface area (Å²) in [4.78, 5) is 0. The maximum Gasteiger partial charge on any atom is 0.416 e. The van der Waals surface area contributed by atoms with E-state index in [0.29, 0.717) is 16.7 Å². The van der Waals surface area contributed by atoms with E-state index >= 15 is 0 Å². The molecule has 0 aromatic heterocycles. The van der Waals surface area contributed by atoms with Crippen LogP contribution >= 0.6 is 15.9 Å². The van der Waals surface area contributed by atoms with E-state index in [-0.39, 0.29) is 5.33 Å². The van der Waals surface area contributed by atoms with Crippen LogP contribution in [0.4, 0.5) is 13.2 Å². The molecule has 80 valence electrons. The number of alkyl halides is 4. The number of nitriles is 1. The van der Waals surface area contributed by atoms with Crippen molar-refractivity contribution in [2.45, 2.75) is 18.4 Å². The van der Waals surface area contributed by atoms with E-state index in [4.69, 9.17) is 5.26 Å². The second-order valence-corrected chi connectivity index (χ2v) is 3.63. The first-order chi connectivity index (χ1) is 6.90. The highest BCUT2D eigenvalue weighted by Gasteiger charge is 2.31. The first-order valence-electron chi connectivity index (χ1n) is 4.07. The molecule has 0 bridgehead atoms. The van der Waals surface area contributed by atoms with E-state index in [1.54, 1.807) is 0 Å². The zero-order valence-corrected chi connectivity index (χ0v) is 9.41. The van der Waals surface area contributed by atoms with Gasteiger partial charge in [-0.2, -0.15) is 18.4 Å². The number of aryl methyl sites for hydroxylation is 1. The zero-order chi connectivity index (χ0) is 11.6. The topological polar surface area (TPSA) is 23.8 Å². The average molecular weight is 278 g/mol. The van der Waals surface area contributed by atoms with Gasteiger partial charge in [-0.15, -0.1) is 0 Å². The minimum Gasteiger partial charge on any atom is -0.192 e. The number of hydrogen-bond acceptors (Lipinski definition) is 1. The van der Waals surface area contributed by atoms with Gasteiger partial charge in [0, 0.05) is 5.33 Å². The van der Waals surface area contributed by atoms with Crippen LogP contribution in [0.1, 0.15) is 22.3 Å². The predicted molar refractivity (Wildman–Crippen MR) is 53.5 cm³/mol. The minimum atomic E-state index is -4.37. The predicted octanol–water partition coefficient (Wildman–Crippen LogP) is 3.78. The molecule has 0 aliphatic carbocycles. The lowest BCUT2D eigenvalue weighted by molar-refractivity contribution is -0.137. The monoisotopic (exact) mass is 277 g/mol. The molecule has 1 aromatic carbocycles. The highest BCUT2D eigenvalue weighted by Crippen LogP contribution is 2.32. The molecule has 0 N–H and O–H groups in total. The summed E-state index contributed by atoms with van der Waals surface area (Å²) in [6.45, 7) is 1.50. The molecule has 0 amide bonds. The Kier molecular flexibility index (Phi) is 3.40. The van der Waals surface area contributed by atoms with Gasteiger partial charge in [0.2, 0.25) is 0 Å². The molecule has 0 saturated carbocycles. The van der Waals surface area contributed by atoms with Crippen LogP contribution in [0.25, 0.3) is 0 Å². The highest BCUT2D eigenvalue weighted by atomic mass is 79.9. The molecule has 0 aliphatic rings. The molecule has 0 spiro atoms. The number of halogens is 4. The highest BCUT2D eigenvalue weighted by molar-refractivity contribution is 9.08. The normalized spacial score (nSPS) is 11.2. The van der Waals surface area contributed by atoms with Crippen molar-refractivity contribution in [1.29, 1.82) is 5.26 Å². The van der Waals surface area contributed by atoms with Crippen LogP contribution in [0.3, 0.4) is 0 Å². The third kappa shape index (κ3) is 2.51. The first kappa shape index (κ1) is 12.1. The van der Waals surface area contributed by atoms with Gasteiger partial charge in [0.25, 0.3) is 0 Å². The lowest BCUT2D eigenvalue weighted by Gasteiger charge is -2.11. The minimum absolute atomic E-state index is 0.237. The third-order valence-corrected chi connectivity index (χ3v) is 2.60. The first-order valence-corrected chi connectivity index (χ1v) is 5.19. The van der Waals surface area contributed by atoms with Crippen LogP contribution in [0.5, 0.6) is 0 Å². The lowest BCUT2D eigenvalue weighted by Crippen LogP contribution is -2.07. The number of nitrogens with zero attached hydrogens (tertiary/aromatic N) is 1. The molecule has 0 unspecified atom stereocenters. The summed E-state index contributed by atoms with van der Waals surface area (Å²) < 4.78 is 37.3. The summed E-state index contributed by atoms with van der Waals surface area (Å²) in [5.41, 5.74) is 0.305. The summed E-state index contributed by atoms with van der Waals surface area (Å²) in [5.74, 6) is 0. The van der Waals surface area contributed by atoms with Gasteiger partial charge in [-0.1, -0.05) is 15.9 Å². The van der Waals surface area contributed by atoms with Gasteiger partial charge in [-0.05, 0) is 30.2 Å². The van der Waals surface area contributed by atoms with E-state index in [1.165, 1.54) is 6.92 Å². The van der Waals surface area contributed by atoms with Gasteiger partial charge in [-0.3, -0.25) is 0 Å². The fraction of sp³-hybridized carbons (Fsp3) is 0.300. The second-order valence-electron chi connectivity index (χ2n) is 3.07. The standard InChI is InChI=1S/C10H7BrF3N/c1-6-2-8(10(12,13)14)3-7(4-11)9(6)5-15/h2-3H,4H2,1H3. The van der Waals surface area contributed by atoms with Crippen molar-refractivity contribution in [3.8, 4) is 6.07 Å². The zero-order valence-electron chi connectivity index (χ0n) is 7.82. The average Bonchev–Trinajstić information content (AvgIpc) is 2.15. The largest absolute Gasteiger partial charge is 0.416 e. The van der Waals surface area contributed by atoms with E-state index in [0.717, 1.165) is 12.1 Å². The molecular weight excluding hydrogens is 271 g/mol. The molecule has 0 heterocycles. The van der Waals surface area contributed by atoms with Gasteiger partial charge in [0.05, 0.1) is 17.2 Å². The van der Waals surface area contributed by atoms with Crippen molar-refractivity contribution in [2.75, 3.05) is 0 Å². The van der Waals surface area contributed by atoms with Gasteiger partial charge >= 0.3 is 6.18 Å². The Hall–Kier alpha value is -1.02. The van der Waals surface area contributed by atoms with Crippen LogP contribution in [-0.4, -0.2) is 0 Å². The van der Waals surface area contributed by atoms with Gasteiger partial charge < -0.3 is 0 Å². The Balaban J connectivity index is 3.40. The van der Waals surface area contributed by atoms with Crippen LogP contribution in [-0.2, 0) is 11.5 Å². The van der Waals surface area contributed by atoms with E-state index in [9.17, 15) is 13.2 Å². The van der Waals surface area contributed by atoms with Crippen molar-refractivity contribution < 1.29 is 13.2 Å². The molecule has 1 aromatic rings. The molecule has 0 saturated heterocycles. The molecule has 1 nitrogen and oxygen atoms in total. The van der Waals surface area contributed by atoms with Crippen LogP contribution in [0.2, 0.25) is 0 Å².